The highest BCUT2D eigenvalue weighted by Gasteiger charge is 2.27. The molecule has 1 aliphatic rings. The van der Waals surface area contributed by atoms with Gasteiger partial charge in [0.05, 0.1) is 17.1 Å². The number of fused-ring (bicyclic) bond motifs is 1. The van der Waals surface area contributed by atoms with E-state index in [1.165, 1.54) is 29.5 Å². The Hall–Kier alpha value is -2.74. The molecule has 1 aromatic heterocycles. The number of anilines is 1. The van der Waals surface area contributed by atoms with Crippen LogP contribution in [0, 0.1) is 17.0 Å². The molecule has 8 heteroatoms. The van der Waals surface area contributed by atoms with Gasteiger partial charge in [0.25, 0.3) is 11.6 Å². The number of hydrogen-bond donors (Lipinski definition) is 1. The van der Waals surface area contributed by atoms with Crippen LogP contribution in [0.5, 0.6) is 0 Å². The number of nitrogens with zero attached hydrogens (tertiary/aromatic N) is 1. The molecular formula is C20H22N2O5S. The molecule has 0 saturated carbocycles. The van der Waals surface area contributed by atoms with Gasteiger partial charge in [-0.25, -0.2) is 4.79 Å². The van der Waals surface area contributed by atoms with E-state index in [1.807, 2.05) is 0 Å². The second-order valence-corrected chi connectivity index (χ2v) is 7.81. The van der Waals surface area contributed by atoms with E-state index in [-0.39, 0.29) is 12.3 Å². The van der Waals surface area contributed by atoms with Gasteiger partial charge in [-0.3, -0.25) is 14.9 Å². The van der Waals surface area contributed by atoms with Crippen LogP contribution in [-0.2, 0) is 17.6 Å². The molecule has 2 aromatic rings. The molecule has 0 fully saturated rings. The third-order valence-electron chi connectivity index (χ3n) is 4.78. The van der Waals surface area contributed by atoms with Crippen LogP contribution in [0.2, 0.25) is 0 Å². The van der Waals surface area contributed by atoms with Crippen LogP contribution >= 0.6 is 11.3 Å². The molecule has 3 rings (SSSR count). The van der Waals surface area contributed by atoms with Gasteiger partial charge in [-0.15, -0.1) is 11.3 Å². The first kappa shape index (κ1) is 20.0. The smallest absolute Gasteiger partial charge is 0.341 e. The molecule has 0 radical (unpaired) electrons. The SMILES string of the molecule is CCOC(=O)c1c(NC(=O)c2ccc([N+](=O)[O-])c(C)c2)sc2c1CCCCC2. The van der Waals surface area contributed by atoms with E-state index in [4.69, 9.17) is 4.74 Å². The van der Waals surface area contributed by atoms with Crippen LogP contribution < -0.4 is 5.32 Å². The first-order valence-corrected chi connectivity index (χ1v) is 10.1. The minimum absolute atomic E-state index is 0.0356. The fourth-order valence-electron chi connectivity index (χ4n) is 3.43. The van der Waals surface area contributed by atoms with Crippen LogP contribution in [0.25, 0.3) is 0 Å². The predicted octanol–water partition coefficient (Wildman–Crippen LogP) is 4.66. The number of carbonyl (C=O) groups excluding carboxylic acids is 2. The normalized spacial score (nSPS) is 13.4. The van der Waals surface area contributed by atoms with E-state index in [1.54, 1.807) is 13.8 Å². The molecule has 1 amide bonds. The van der Waals surface area contributed by atoms with Crippen molar-refractivity contribution in [2.45, 2.75) is 46.0 Å². The highest BCUT2D eigenvalue weighted by molar-refractivity contribution is 7.17. The number of nitrogens with one attached hydrogen (secondary N) is 1. The van der Waals surface area contributed by atoms with Gasteiger partial charge in [0.2, 0.25) is 0 Å². The van der Waals surface area contributed by atoms with Crippen molar-refractivity contribution in [2.75, 3.05) is 11.9 Å². The van der Waals surface area contributed by atoms with Gasteiger partial charge in [-0.2, -0.15) is 0 Å². The number of rotatable bonds is 5. The van der Waals surface area contributed by atoms with Gasteiger partial charge < -0.3 is 10.1 Å². The lowest BCUT2D eigenvalue weighted by Crippen LogP contribution is -2.15. The number of benzene rings is 1. The van der Waals surface area contributed by atoms with Gasteiger partial charge >= 0.3 is 5.97 Å². The number of carbonyl (C=O) groups is 2. The maximum absolute atomic E-state index is 12.7. The van der Waals surface area contributed by atoms with Crippen molar-refractivity contribution >= 4 is 33.9 Å². The third kappa shape index (κ3) is 4.06. The highest BCUT2D eigenvalue weighted by atomic mass is 32.1. The van der Waals surface area contributed by atoms with Gasteiger partial charge in [-0.05, 0) is 57.2 Å². The monoisotopic (exact) mass is 402 g/mol. The predicted molar refractivity (Wildman–Crippen MR) is 107 cm³/mol. The Kier molecular flexibility index (Phi) is 6.08. The molecule has 0 spiro atoms. The summed E-state index contributed by atoms with van der Waals surface area (Å²) in [6.45, 7) is 3.60. The van der Waals surface area contributed by atoms with Crippen molar-refractivity contribution in [3.05, 3.63) is 55.4 Å². The third-order valence-corrected chi connectivity index (χ3v) is 5.99. The van der Waals surface area contributed by atoms with E-state index in [2.05, 4.69) is 5.32 Å². The maximum Gasteiger partial charge on any atom is 0.341 e. The fourth-order valence-corrected chi connectivity index (χ4v) is 4.70. The van der Waals surface area contributed by atoms with E-state index in [9.17, 15) is 19.7 Å². The summed E-state index contributed by atoms with van der Waals surface area (Å²) in [5.74, 6) is -0.822. The average Bonchev–Trinajstić information content (AvgIpc) is 2.82. The standard InChI is InChI=1S/C20H22N2O5S/c1-3-27-20(24)17-14-7-5-4-6-8-16(14)28-19(17)21-18(23)13-9-10-15(22(25)26)12(2)11-13/h9-11H,3-8H2,1-2H3,(H,21,23). The average molecular weight is 402 g/mol. The second-order valence-electron chi connectivity index (χ2n) is 6.70. The van der Waals surface area contributed by atoms with E-state index < -0.39 is 16.8 Å². The molecule has 0 unspecified atom stereocenters. The Bertz CT molecular complexity index is 935. The molecule has 1 N–H and O–H groups in total. The van der Waals surface area contributed by atoms with Crippen LogP contribution in [0.4, 0.5) is 10.7 Å². The van der Waals surface area contributed by atoms with Crippen molar-refractivity contribution in [1.29, 1.82) is 0 Å². The number of esters is 1. The van der Waals surface area contributed by atoms with Gasteiger partial charge in [-0.1, -0.05) is 6.42 Å². The van der Waals surface area contributed by atoms with Crippen LogP contribution in [0.3, 0.4) is 0 Å². The summed E-state index contributed by atoms with van der Waals surface area (Å²) in [5, 5.41) is 14.3. The molecule has 0 aliphatic heterocycles. The van der Waals surface area contributed by atoms with Crippen molar-refractivity contribution in [3.8, 4) is 0 Å². The Morgan fingerprint density at radius 2 is 2.00 bits per heavy atom. The topological polar surface area (TPSA) is 98.5 Å². The summed E-state index contributed by atoms with van der Waals surface area (Å²) in [5.41, 5.74) is 2.12. The molecular weight excluding hydrogens is 380 g/mol. The summed E-state index contributed by atoms with van der Waals surface area (Å²) in [7, 11) is 0. The number of amides is 1. The largest absolute Gasteiger partial charge is 0.462 e. The van der Waals surface area contributed by atoms with Crippen LogP contribution in [-0.4, -0.2) is 23.4 Å². The number of nitro groups is 1. The minimum Gasteiger partial charge on any atom is -0.462 e. The summed E-state index contributed by atoms with van der Waals surface area (Å²) in [6, 6.07) is 4.22. The fraction of sp³-hybridized carbons (Fsp3) is 0.400. The molecule has 0 bridgehead atoms. The first-order valence-electron chi connectivity index (χ1n) is 9.30. The van der Waals surface area contributed by atoms with Crippen molar-refractivity contribution in [3.63, 3.8) is 0 Å². The zero-order valence-electron chi connectivity index (χ0n) is 15.9. The Labute approximate surface area is 166 Å². The zero-order valence-corrected chi connectivity index (χ0v) is 16.7. The van der Waals surface area contributed by atoms with E-state index >= 15 is 0 Å². The number of hydrogen-bond acceptors (Lipinski definition) is 6. The number of aryl methyl sites for hydroxylation is 2. The number of ether oxygens (including phenoxy) is 1. The number of thiophene rings is 1. The molecule has 0 atom stereocenters. The Morgan fingerprint density at radius 3 is 2.68 bits per heavy atom. The van der Waals surface area contributed by atoms with Crippen LogP contribution in [0.15, 0.2) is 18.2 Å². The van der Waals surface area contributed by atoms with Crippen molar-refractivity contribution < 1.29 is 19.2 Å². The molecule has 28 heavy (non-hydrogen) atoms. The summed E-state index contributed by atoms with van der Waals surface area (Å²) in [6.07, 6.45) is 4.87. The minimum atomic E-state index is -0.480. The second kappa shape index (κ2) is 8.52. The van der Waals surface area contributed by atoms with Crippen molar-refractivity contribution in [2.24, 2.45) is 0 Å². The molecule has 148 valence electrons. The Balaban J connectivity index is 1.93. The summed E-state index contributed by atoms with van der Waals surface area (Å²) in [4.78, 5) is 36.9. The summed E-state index contributed by atoms with van der Waals surface area (Å²) >= 11 is 1.42. The molecule has 0 saturated heterocycles. The molecule has 1 aromatic carbocycles. The van der Waals surface area contributed by atoms with E-state index in [0.29, 0.717) is 21.7 Å². The van der Waals surface area contributed by atoms with Crippen molar-refractivity contribution in [1.82, 2.24) is 0 Å². The van der Waals surface area contributed by atoms with E-state index in [0.717, 1.165) is 42.5 Å². The lowest BCUT2D eigenvalue weighted by atomic mass is 10.1. The molecule has 1 aliphatic carbocycles. The summed E-state index contributed by atoms with van der Waals surface area (Å²) < 4.78 is 5.22. The molecule has 7 nitrogen and oxygen atoms in total. The quantitative estimate of drug-likeness (QED) is 0.339. The zero-order chi connectivity index (χ0) is 20.3. The van der Waals surface area contributed by atoms with Gasteiger partial charge in [0.1, 0.15) is 5.00 Å². The maximum atomic E-state index is 12.7. The Morgan fingerprint density at radius 1 is 1.25 bits per heavy atom. The lowest BCUT2D eigenvalue weighted by molar-refractivity contribution is -0.385. The lowest BCUT2D eigenvalue weighted by Gasteiger charge is -2.09. The molecule has 1 heterocycles. The first-order chi connectivity index (χ1) is 13.4. The number of nitro benzene ring substituents is 1. The van der Waals surface area contributed by atoms with Crippen LogP contribution in [0.1, 0.15) is 62.9 Å². The van der Waals surface area contributed by atoms with Gasteiger partial charge in [0, 0.05) is 22.1 Å². The van der Waals surface area contributed by atoms with Gasteiger partial charge in [0.15, 0.2) is 0 Å². The highest BCUT2D eigenvalue weighted by Crippen LogP contribution is 2.38.